The zero-order valence-corrected chi connectivity index (χ0v) is 14.8. The number of hydrogen-bond donors (Lipinski definition) is 1. The third-order valence-electron chi connectivity index (χ3n) is 3.21. The van der Waals surface area contributed by atoms with E-state index in [0.717, 1.165) is 4.47 Å². The number of halogens is 1. The normalized spacial score (nSPS) is 10.7. The maximum Gasteiger partial charge on any atom is 0.266 e. The van der Waals surface area contributed by atoms with E-state index in [2.05, 4.69) is 21.2 Å². The van der Waals surface area contributed by atoms with E-state index in [-0.39, 0.29) is 5.57 Å². The van der Waals surface area contributed by atoms with Crippen molar-refractivity contribution in [1.29, 1.82) is 5.26 Å². The molecule has 1 amide bonds. The Morgan fingerprint density at radius 2 is 1.88 bits per heavy atom. The first-order valence-electron chi connectivity index (χ1n) is 6.98. The van der Waals surface area contributed by atoms with Crippen LogP contribution in [0, 0.1) is 11.3 Å². The predicted molar refractivity (Wildman–Crippen MR) is 95.9 cm³/mol. The van der Waals surface area contributed by atoms with Crippen molar-refractivity contribution < 1.29 is 14.3 Å². The number of ether oxygens (including phenoxy) is 2. The third-order valence-corrected chi connectivity index (χ3v) is 3.83. The molecule has 0 aliphatic carbocycles. The van der Waals surface area contributed by atoms with Crippen molar-refractivity contribution in [2.24, 2.45) is 0 Å². The second-order valence-electron chi connectivity index (χ2n) is 4.72. The number of nitrogens with zero attached hydrogens (tertiary/aromatic N) is 1. The van der Waals surface area contributed by atoms with Crippen molar-refractivity contribution >= 4 is 33.6 Å². The molecule has 2 rings (SSSR count). The van der Waals surface area contributed by atoms with Gasteiger partial charge in [-0.05, 0) is 51.8 Å². The smallest absolute Gasteiger partial charge is 0.266 e. The van der Waals surface area contributed by atoms with Crippen LogP contribution >= 0.6 is 15.9 Å². The minimum Gasteiger partial charge on any atom is -0.496 e. The number of carbonyl (C=O) groups is 1. The molecule has 2 aromatic rings. The van der Waals surface area contributed by atoms with Crippen LogP contribution in [0.1, 0.15) is 5.56 Å². The van der Waals surface area contributed by atoms with Crippen LogP contribution in [0.3, 0.4) is 0 Å². The van der Waals surface area contributed by atoms with Crippen LogP contribution in [0.5, 0.6) is 11.5 Å². The van der Waals surface area contributed by atoms with Crippen molar-refractivity contribution in [3.63, 3.8) is 0 Å². The van der Waals surface area contributed by atoms with Gasteiger partial charge in [-0.3, -0.25) is 4.79 Å². The van der Waals surface area contributed by atoms with E-state index in [1.807, 2.05) is 6.07 Å². The van der Waals surface area contributed by atoms with Crippen molar-refractivity contribution in [3.8, 4) is 17.6 Å². The number of amides is 1. The standard InChI is InChI=1S/C18H15BrN2O3/c1-23-16-8-7-12(10-14(16)19)9-13(11-20)18(22)21-15-5-3-4-6-17(15)24-2/h3-10H,1-2H3,(H,21,22)/b13-9-. The number of methoxy groups -OCH3 is 2. The molecule has 0 fully saturated rings. The van der Waals surface area contributed by atoms with Crippen LogP contribution in [0.2, 0.25) is 0 Å². The monoisotopic (exact) mass is 386 g/mol. The van der Waals surface area contributed by atoms with Gasteiger partial charge in [0.05, 0.1) is 24.4 Å². The average Bonchev–Trinajstić information content (AvgIpc) is 2.60. The van der Waals surface area contributed by atoms with Crippen LogP contribution in [-0.4, -0.2) is 20.1 Å². The number of benzene rings is 2. The Bertz CT molecular complexity index is 825. The molecule has 5 nitrogen and oxygen atoms in total. The minimum absolute atomic E-state index is 0.0158. The second kappa shape index (κ2) is 8.18. The summed E-state index contributed by atoms with van der Waals surface area (Å²) in [6.07, 6.45) is 1.51. The fourth-order valence-electron chi connectivity index (χ4n) is 2.03. The summed E-state index contributed by atoms with van der Waals surface area (Å²) in [4.78, 5) is 12.3. The molecule has 0 aliphatic heterocycles. The van der Waals surface area contributed by atoms with Gasteiger partial charge in [-0.1, -0.05) is 18.2 Å². The molecule has 0 heterocycles. The van der Waals surface area contributed by atoms with Crippen molar-refractivity contribution in [2.45, 2.75) is 0 Å². The highest BCUT2D eigenvalue weighted by Gasteiger charge is 2.12. The van der Waals surface area contributed by atoms with Crippen LogP contribution < -0.4 is 14.8 Å². The molecule has 0 aromatic heterocycles. The summed E-state index contributed by atoms with van der Waals surface area (Å²) in [5.74, 6) is 0.688. The number of nitrogens with one attached hydrogen (secondary N) is 1. The first-order valence-corrected chi connectivity index (χ1v) is 7.78. The molecule has 0 saturated heterocycles. The van der Waals surface area contributed by atoms with Gasteiger partial charge in [0.1, 0.15) is 23.1 Å². The quantitative estimate of drug-likeness (QED) is 0.622. The molecule has 24 heavy (non-hydrogen) atoms. The second-order valence-corrected chi connectivity index (χ2v) is 5.57. The maximum atomic E-state index is 12.3. The van der Waals surface area contributed by atoms with E-state index in [1.165, 1.54) is 13.2 Å². The van der Waals surface area contributed by atoms with Gasteiger partial charge in [0.15, 0.2) is 0 Å². The van der Waals surface area contributed by atoms with E-state index in [4.69, 9.17) is 9.47 Å². The molecule has 122 valence electrons. The lowest BCUT2D eigenvalue weighted by atomic mass is 10.1. The molecule has 0 unspecified atom stereocenters. The predicted octanol–water partition coefficient (Wildman–Crippen LogP) is 4.01. The Hall–Kier alpha value is -2.78. The van der Waals surface area contributed by atoms with E-state index >= 15 is 0 Å². The molecule has 0 aliphatic rings. The van der Waals surface area contributed by atoms with Gasteiger partial charge in [-0.15, -0.1) is 0 Å². The highest BCUT2D eigenvalue weighted by atomic mass is 79.9. The highest BCUT2D eigenvalue weighted by Crippen LogP contribution is 2.27. The van der Waals surface area contributed by atoms with Crippen molar-refractivity contribution in [2.75, 3.05) is 19.5 Å². The number of carbonyl (C=O) groups excluding carboxylic acids is 1. The van der Waals surface area contributed by atoms with Gasteiger partial charge >= 0.3 is 0 Å². The van der Waals surface area contributed by atoms with Crippen LogP contribution in [0.15, 0.2) is 52.5 Å². The average molecular weight is 387 g/mol. The number of rotatable bonds is 5. The molecule has 0 atom stereocenters. The van der Waals surface area contributed by atoms with Gasteiger partial charge in [-0.25, -0.2) is 0 Å². The molecule has 0 bridgehead atoms. The fraction of sp³-hybridized carbons (Fsp3) is 0.111. The Morgan fingerprint density at radius 1 is 1.17 bits per heavy atom. The molecular formula is C18H15BrN2O3. The SMILES string of the molecule is COc1ccc(/C=C(/C#N)C(=O)Nc2ccccc2OC)cc1Br. The molecular weight excluding hydrogens is 372 g/mol. The highest BCUT2D eigenvalue weighted by molar-refractivity contribution is 9.10. The van der Waals surface area contributed by atoms with Gasteiger partial charge in [0.25, 0.3) is 5.91 Å². The van der Waals surface area contributed by atoms with Gasteiger partial charge in [-0.2, -0.15) is 5.26 Å². The number of para-hydroxylation sites is 2. The number of hydrogen-bond acceptors (Lipinski definition) is 4. The largest absolute Gasteiger partial charge is 0.496 e. The zero-order valence-electron chi connectivity index (χ0n) is 13.2. The molecule has 2 aromatic carbocycles. The summed E-state index contributed by atoms with van der Waals surface area (Å²) < 4.78 is 11.1. The van der Waals surface area contributed by atoms with E-state index in [0.29, 0.717) is 22.7 Å². The summed E-state index contributed by atoms with van der Waals surface area (Å²) in [6, 6.07) is 14.2. The van der Waals surface area contributed by atoms with Crippen LogP contribution in [0.4, 0.5) is 5.69 Å². The summed E-state index contributed by atoms with van der Waals surface area (Å²) >= 11 is 3.37. The van der Waals surface area contributed by atoms with E-state index < -0.39 is 5.91 Å². The topological polar surface area (TPSA) is 71.3 Å². The Balaban J connectivity index is 2.26. The third kappa shape index (κ3) is 4.15. The summed E-state index contributed by atoms with van der Waals surface area (Å²) in [5, 5.41) is 12.0. The van der Waals surface area contributed by atoms with Crippen LogP contribution in [-0.2, 0) is 4.79 Å². The zero-order chi connectivity index (χ0) is 17.5. The summed E-state index contributed by atoms with van der Waals surface area (Å²) in [7, 11) is 3.08. The lowest BCUT2D eigenvalue weighted by molar-refractivity contribution is -0.112. The number of anilines is 1. The minimum atomic E-state index is -0.506. The van der Waals surface area contributed by atoms with Gasteiger partial charge < -0.3 is 14.8 Å². The number of nitriles is 1. The van der Waals surface area contributed by atoms with Crippen LogP contribution in [0.25, 0.3) is 6.08 Å². The lowest BCUT2D eigenvalue weighted by Gasteiger charge is -2.09. The first-order chi connectivity index (χ1) is 11.6. The maximum absolute atomic E-state index is 12.3. The first kappa shape index (κ1) is 17.6. The Morgan fingerprint density at radius 3 is 2.50 bits per heavy atom. The fourth-order valence-corrected chi connectivity index (χ4v) is 2.58. The summed E-state index contributed by atoms with van der Waals surface area (Å²) in [5.41, 5.74) is 1.19. The molecule has 0 saturated carbocycles. The molecule has 0 radical (unpaired) electrons. The summed E-state index contributed by atoms with van der Waals surface area (Å²) in [6.45, 7) is 0. The van der Waals surface area contributed by atoms with Gasteiger partial charge in [0, 0.05) is 0 Å². The molecule has 1 N–H and O–H groups in total. The van der Waals surface area contributed by atoms with Crippen molar-refractivity contribution in [1.82, 2.24) is 0 Å². The van der Waals surface area contributed by atoms with Crippen molar-refractivity contribution in [3.05, 3.63) is 58.1 Å². The molecule has 0 spiro atoms. The van der Waals surface area contributed by atoms with Gasteiger partial charge in [0.2, 0.25) is 0 Å². The Labute approximate surface area is 148 Å². The lowest BCUT2D eigenvalue weighted by Crippen LogP contribution is -2.14. The van der Waals surface area contributed by atoms with E-state index in [9.17, 15) is 10.1 Å². The molecule has 6 heteroatoms. The van der Waals surface area contributed by atoms with E-state index in [1.54, 1.807) is 49.6 Å². The Kier molecular flexibility index (Phi) is 5.99.